The first-order chi connectivity index (χ1) is 13.1. The van der Waals surface area contributed by atoms with Crippen molar-refractivity contribution in [2.75, 3.05) is 6.61 Å². The van der Waals surface area contributed by atoms with E-state index in [1.54, 1.807) is 18.2 Å². The second kappa shape index (κ2) is 9.21. The van der Waals surface area contributed by atoms with E-state index in [1.165, 1.54) is 6.21 Å². The van der Waals surface area contributed by atoms with Crippen LogP contribution in [-0.2, 0) is 4.79 Å². The van der Waals surface area contributed by atoms with Gasteiger partial charge in [-0.05, 0) is 17.7 Å². The molecule has 3 aromatic carbocycles. The van der Waals surface area contributed by atoms with Crippen molar-refractivity contribution in [1.82, 2.24) is 5.43 Å². The molecule has 0 saturated heterocycles. The monoisotopic (exact) mass is 398 g/mol. The Labute approximate surface area is 167 Å². The van der Waals surface area contributed by atoms with Gasteiger partial charge in [0, 0.05) is 11.1 Å². The molecule has 0 aliphatic carbocycles. The van der Waals surface area contributed by atoms with Crippen molar-refractivity contribution < 1.29 is 9.53 Å². The summed E-state index contributed by atoms with van der Waals surface area (Å²) in [4.78, 5) is 12.0. The van der Waals surface area contributed by atoms with Crippen LogP contribution in [0, 0.1) is 0 Å². The molecule has 27 heavy (non-hydrogen) atoms. The number of halogens is 2. The third-order valence-electron chi connectivity index (χ3n) is 3.70. The molecule has 1 amide bonds. The topological polar surface area (TPSA) is 50.7 Å². The minimum atomic E-state index is -0.382. The summed E-state index contributed by atoms with van der Waals surface area (Å²) in [5, 5.41) is 4.69. The number of amides is 1. The Bertz CT molecular complexity index is 959. The summed E-state index contributed by atoms with van der Waals surface area (Å²) < 4.78 is 5.67. The standard InChI is InChI=1S/C21H16Cl2N2O2/c22-18-11-6-9-16(21(18)23)13-24-25-20(26)14-27-19-12-5-4-10-17(19)15-7-2-1-3-8-15/h1-13H,14H2,(H,25,26). The smallest absolute Gasteiger partial charge is 0.277 e. The van der Waals surface area contributed by atoms with E-state index in [0.717, 1.165) is 11.1 Å². The summed E-state index contributed by atoms with van der Waals surface area (Å²) in [5.74, 6) is 0.244. The molecule has 0 bridgehead atoms. The van der Waals surface area contributed by atoms with E-state index in [1.807, 2.05) is 54.6 Å². The Morgan fingerprint density at radius 1 is 0.963 bits per heavy atom. The van der Waals surface area contributed by atoms with Crippen LogP contribution in [0.2, 0.25) is 10.0 Å². The highest BCUT2D eigenvalue weighted by Crippen LogP contribution is 2.29. The molecule has 0 heterocycles. The number of nitrogens with zero attached hydrogens (tertiary/aromatic N) is 1. The van der Waals surface area contributed by atoms with E-state index >= 15 is 0 Å². The largest absolute Gasteiger partial charge is 0.483 e. The SMILES string of the molecule is O=C(COc1ccccc1-c1ccccc1)NN=Cc1cccc(Cl)c1Cl. The van der Waals surface area contributed by atoms with Crippen LogP contribution in [-0.4, -0.2) is 18.7 Å². The predicted octanol–water partition coefficient (Wildman–Crippen LogP) is 5.19. The van der Waals surface area contributed by atoms with E-state index in [2.05, 4.69) is 10.5 Å². The van der Waals surface area contributed by atoms with Crippen molar-refractivity contribution in [1.29, 1.82) is 0 Å². The summed E-state index contributed by atoms with van der Waals surface area (Å²) in [6.45, 7) is -0.162. The van der Waals surface area contributed by atoms with Gasteiger partial charge in [-0.15, -0.1) is 0 Å². The summed E-state index contributed by atoms with van der Waals surface area (Å²) >= 11 is 12.0. The first-order valence-corrected chi connectivity index (χ1v) is 8.94. The van der Waals surface area contributed by atoms with Crippen LogP contribution in [0.5, 0.6) is 5.75 Å². The van der Waals surface area contributed by atoms with Gasteiger partial charge in [0.25, 0.3) is 5.91 Å². The van der Waals surface area contributed by atoms with Crippen molar-refractivity contribution in [3.05, 3.63) is 88.4 Å². The summed E-state index contributed by atoms with van der Waals surface area (Å²) in [5.41, 5.74) is 4.95. The highest BCUT2D eigenvalue weighted by molar-refractivity contribution is 6.43. The molecule has 0 saturated carbocycles. The van der Waals surface area contributed by atoms with Gasteiger partial charge in [0.1, 0.15) is 5.75 Å². The fourth-order valence-corrected chi connectivity index (χ4v) is 2.77. The molecular weight excluding hydrogens is 383 g/mol. The molecule has 0 fully saturated rings. The number of ether oxygens (including phenoxy) is 1. The van der Waals surface area contributed by atoms with Gasteiger partial charge in [0.2, 0.25) is 0 Å². The van der Waals surface area contributed by atoms with Crippen LogP contribution in [0.1, 0.15) is 5.56 Å². The van der Waals surface area contributed by atoms with Crippen LogP contribution >= 0.6 is 23.2 Å². The molecule has 136 valence electrons. The Balaban J connectivity index is 1.60. The fraction of sp³-hybridized carbons (Fsp3) is 0.0476. The average molecular weight is 399 g/mol. The molecule has 4 nitrogen and oxygen atoms in total. The first kappa shape index (κ1) is 19.0. The third-order valence-corrected chi connectivity index (χ3v) is 4.54. The molecule has 0 aliphatic rings. The van der Waals surface area contributed by atoms with Crippen LogP contribution in [0.15, 0.2) is 77.9 Å². The second-order valence-corrected chi connectivity index (χ2v) is 6.37. The number of hydrogen-bond acceptors (Lipinski definition) is 3. The molecule has 3 aromatic rings. The molecule has 0 spiro atoms. The average Bonchev–Trinajstić information content (AvgIpc) is 2.70. The highest BCUT2D eigenvalue weighted by atomic mass is 35.5. The van der Waals surface area contributed by atoms with E-state index in [9.17, 15) is 4.79 Å². The van der Waals surface area contributed by atoms with Crippen LogP contribution in [0.4, 0.5) is 0 Å². The molecule has 3 rings (SSSR count). The Morgan fingerprint density at radius 2 is 1.70 bits per heavy atom. The minimum Gasteiger partial charge on any atom is -0.483 e. The highest BCUT2D eigenvalue weighted by Gasteiger charge is 2.08. The summed E-state index contributed by atoms with van der Waals surface area (Å²) in [6.07, 6.45) is 1.43. The Hall–Kier alpha value is -2.82. The molecule has 0 radical (unpaired) electrons. The number of hydrogen-bond donors (Lipinski definition) is 1. The van der Waals surface area contributed by atoms with Gasteiger partial charge in [0.05, 0.1) is 16.3 Å². The number of carbonyl (C=O) groups excluding carboxylic acids is 1. The van der Waals surface area contributed by atoms with Crippen molar-refractivity contribution >= 4 is 35.3 Å². The zero-order valence-electron chi connectivity index (χ0n) is 14.2. The van der Waals surface area contributed by atoms with Gasteiger partial charge < -0.3 is 4.74 Å². The molecule has 0 atom stereocenters. The zero-order valence-corrected chi connectivity index (χ0v) is 15.7. The van der Waals surface area contributed by atoms with E-state index in [0.29, 0.717) is 21.4 Å². The van der Waals surface area contributed by atoms with Crippen molar-refractivity contribution in [3.63, 3.8) is 0 Å². The molecule has 0 unspecified atom stereocenters. The lowest BCUT2D eigenvalue weighted by Gasteiger charge is -2.10. The van der Waals surface area contributed by atoms with Gasteiger partial charge in [-0.1, -0.05) is 83.9 Å². The maximum Gasteiger partial charge on any atom is 0.277 e. The lowest BCUT2D eigenvalue weighted by molar-refractivity contribution is -0.123. The lowest BCUT2D eigenvalue weighted by atomic mass is 10.1. The van der Waals surface area contributed by atoms with Crippen LogP contribution in [0.25, 0.3) is 11.1 Å². The molecule has 1 N–H and O–H groups in total. The van der Waals surface area contributed by atoms with Crippen LogP contribution < -0.4 is 10.2 Å². The maximum atomic E-state index is 12.0. The molecular formula is C21H16Cl2N2O2. The van der Waals surface area contributed by atoms with Gasteiger partial charge >= 0.3 is 0 Å². The van der Waals surface area contributed by atoms with Gasteiger partial charge in [-0.25, -0.2) is 5.43 Å². The third kappa shape index (κ3) is 5.09. The zero-order chi connectivity index (χ0) is 19.1. The van der Waals surface area contributed by atoms with Crippen molar-refractivity contribution in [3.8, 4) is 16.9 Å². The van der Waals surface area contributed by atoms with Gasteiger partial charge in [-0.2, -0.15) is 5.10 Å². The number of para-hydroxylation sites is 1. The Kier molecular flexibility index (Phi) is 6.47. The van der Waals surface area contributed by atoms with Gasteiger partial charge in [-0.3, -0.25) is 4.79 Å². The lowest BCUT2D eigenvalue weighted by Crippen LogP contribution is -2.24. The van der Waals surface area contributed by atoms with Crippen molar-refractivity contribution in [2.45, 2.75) is 0 Å². The molecule has 0 aliphatic heterocycles. The normalized spacial score (nSPS) is 10.7. The van der Waals surface area contributed by atoms with Crippen LogP contribution in [0.3, 0.4) is 0 Å². The van der Waals surface area contributed by atoms with E-state index in [4.69, 9.17) is 27.9 Å². The number of rotatable bonds is 6. The number of hydrazone groups is 1. The van der Waals surface area contributed by atoms with Crippen molar-refractivity contribution in [2.24, 2.45) is 5.10 Å². The number of nitrogens with one attached hydrogen (secondary N) is 1. The quantitative estimate of drug-likeness (QED) is 0.458. The fourth-order valence-electron chi connectivity index (χ4n) is 2.42. The number of carbonyl (C=O) groups is 1. The maximum absolute atomic E-state index is 12.0. The predicted molar refractivity (Wildman–Crippen MR) is 110 cm³/mol. The first-order valence-electron chi connectivity index (χ1n) is 8.18. The van der Waals surface area contributed by atoms with Gasteiger partial charge in [0.15, 0.2) is 6.61 Å². The number of benzene rings is 3. The second-order valence-electron chi connectivity index (χ2n) is 5.59. The van der Waals surface area contributed by atoms with E-state index < -0.39 is 0 Å². The summed E-state index contributed by atoms with van der Waals surface area (Å²) in [6, 6.07) is 22.6. The minimum absolute atomic E-state index is 0.162. The molecule has 6 heteroatoms. The molecule has 0 aromatic heterocycles. The Morgan fingerprint density at radius 3 is 2.52 bits per heavy atom. The van der Waals surface area contributed by atoms with E-state index in [-0.39, 0.29) is 12.5 Å². The summed E-state index contributed by atoms with van der Waals surface area (Å²) in [7, 11) is 0.